The summed E-state index contributed by atoms with van der Waals surface area (Å²) in [6.07, 6.45) is -2.11. The molecule has 0 amide bonds. The second-order valence-corrected chi connectivity index (χ2v) is 4.97. The third-order valence-electron chi connectivity index (χ3n) is 2.92. The summed E-state index contributed by atoms with van der Waals surface area (Å²) in [4.78, 5) is 46.1. The summed E-state index contributed by atoms with van der Waals surface area (Å²) in [5, 5.41) is -0.815. The van der Waals surface area contributed by atoms with Crippen molar-refractivity contribution in [2.75, 3.05) is 13.2 Å². The van der Waals surface area contributed by atoms with Crippen LogP contribution in [0.2, 0.25) is 0 Å². The van der Waals surface area contributed by atoms with Crippen molar-refractivity contribution in [3.8, 4) is 11.5 Å². The van der Waals surface area contributed by atoms with E-state index in [1.165, 1.54) is 6.07 Å². The topological polar surface area (TPSA) is 118 Å². The van der Waals surface area contributed by atoms with E-state index in [1.54, 1.807) is 13.8 Å². The maximum absolute atomic E-state index is 11.7. The van der Waals surface area contributed by atoms with Gasteiger partial charge in [-0.3, -0.25) is 4.79 Å². The lowest BCUT2D eigenvalue weighted by Gasteiger charge is -2.11. The molecular weight excluding hydrogens is 372 g/mol. The average Bonchev–Trinajstić information content (AvgIpc) is 2.55. The van der Waals surface area contributed by atoms with E-state index < -0.39 is 28.7 Å². The van der Waals surface area contributed by atoms with Gasteiger partial charge in [-0.05, 0) is 37.6 Å². The summed E-state index contributed by atoms with van der Waals surface area (Å²) >= 11 is 5.32. The van der Waals surface area contributed by atoms with Gasteiger partial charge in [-0.1, -0.05) is 0 Å². The fraction of sp³-hybridized carbons (Fsp3) is 0.250. The van der Waals surface area contributed by atoms with Crippen molar-refractivity contribution in [3.63, 3.8) is 0 Å². The zero-order valence-electron chi connectivity index (χ0n) is 13.7. The van der Waals surface area contributed by atoms with E-state index in [0.717, 1.165) is 12.1 Å². The van der Waals surface area contributed by atoms with Crippen molar-refractivity contribution in [3.05, 3.63) is 34.2 Å². The van der Waals surface area contributed by atoms with Gasteiger partial charge in [-0.15, -0.1) is 0 Å². The van der Waals surface area contributed by atoms with Gasteiger partial charge in [0.25, 0.3) is 5.24 Å². The molecule has 26 heavy (non-hydrogen) atoms. The Morgan fingerprint density at radius 1 is 0.962 bits per heavy atom. The van der Waals surface area contributed by atoms with Crippen LogP contribution >= 0.6 is 11.6 Å². The second kappa shape index (κ2) is 8.34. The second-order valence-electron chi connectivity index (χ2n) is 4.63. The standard InChI is InChI=1S/C16H13ClO9/c1-3-22-15(20)25-11-6-8-5-9(13(17)18)14(19)24-10(8)7-12(11)26-16(21)23-4-2/h5-7H,3-4H2,1-2H3. The molecule has 1 heterocycles. The van der Waals surface area contributed by atoms with Crippen molar-refractivity contribution >= 4 is 40.1 Å². The molecule has 0 spiro atoms. The number of carbonyl (C=O) groups is 3. The molecule has 2 rings (SSSR count). The maximum atomic E-state index is 11.7. The molecule has 1 aromatic carbocycles. The van der Waals surface area contributed by atoms with Crippen molar-refractivity contribution in [2.45, 2.75) is 13.8 Å². The number of rotatable bonds is 5. The molecule has 0 radical (unpaired) electrons. The van der Waals surface area contributed by atoms with E-state index in [2.05, 4.69) is 9.47 Å². The first-order valence-electron chi connectivity index (χ1n) is 7.36. The molecule has 0 unspecified atom stereocenters. The van der Waals surface area contributed by atoms with Crippen LogP contribution < -0.4 is 15.1 Å². The molecule has 0 bridgehead atoms. The number of hydrogen-bond acceptors (Lipinski definition) is 9. The predicted octanol–water partition coefficient (Wildman–Crippen LogP) is 3.24. The van der Waals surface area contributed by atoms with E-state index in [-0.39, 0.29) is 35.7 Å². The number of benzene rings is 1. The van der Waals surface area contributed by atoms with Gasteiger partial charge in [0.15, 0.2) is 11.5 Å². The first-order valence-corrected chi connectivity index (χ1v) is 7.74. The highest BCUT2D eigenvalue weighted by molar-refractivity contribution is 6.67. The van der Waals surface area contributed by atoms with Gasteiger partial charge in [0, 0.05) is 11.5 Å². The van der Waals surface area contributed by atoms with Crippen LogP contribution in [0.1, 0.15) is 24.2 Å². The van der Waals surface area contributed by atoms with E-state index >= 15 is 0 Å². The SMILES string of the molecule is CCOC(=O)Oc1cc2cc(C(=O)Cl)c(=O)oc2cc1OC(=O)OCC. The molecule has 9 nitrogen and oxygen atoms in total. The lowest BCUT2D eigenvalue weighted by atomic mass is 10.1. The Bertz CT molecular complexity index is 916. The lowest BCUT2D eigenvalue weighted by molar-refractivity contribution is 0.0940. The van der Waals surface area contributed by atoms with Gasteiger partial charge in [0.1, 0.15) is 11.1 Å². The zero-order chi connectivity index (χ0) is 19.3. The minimum absolute atomic E-state index is 0.0350. The van der Waals surface area contributed by atoms with Crippen LogP contribution in [-0.2, 0) is 9.47 Å². The molecular formula is C16H13ClO9. The largest absolute Gasteiger partial charge is 0.513 e. The molecule has 0 atom stereocenters. The zero-order valence-corrected chi connectivity index (χ0v) is 14.5. The lowest BCUT2D eigenvalue weighted by Crippen LogP contribution is -2.14. The van der Waals surface area contributed by atoms with Crippen LogP contribution in [0.3, 0.4) is 0 Å². The quantitative estimate of drug-likeness (QED) is 0.331. The minimum atomic E-state index is -1.06. The molecule has 1 aromatic heterocycles. The number of carbonyl (C=O) groups excluding carboxylic acids is 3. The van der Waals surface area contributed by atoms with Crippen molar-refractivity contribution < 1.29 is 37.7 Å². The fourth-order valence-corrected chi connectivity index (χ4v) is 2.03. The van der Waals surface area contributed by atoms with Gasteiger partial charge in [0.2, 0.25) is 0 Å². The highest BCUT2D eigenvalue weighted by Crippen LogP contribution is 2.33. The Hall–Kier alpha value is -3.07. The molecule has 0 saturated heterocycles. The molecule has 10 heteroatoms. The van der Waals surface area contributed by atoms with Crippen LogP contribution in [-0.4, -0.2) is 30.8 Å². The van der Waals surface area contributed by atoms with Crippen molar-refractivity contribution in [1.82, 2.24) is 0 Å². The average molecular weight is 385 g/mol. The summed E-state index contributed by atoms with van der Waals surface area (Å²) in [6.45, 7) is 3.25. The Kier molecular flexibility index (Phi) is 6.18. The molecule has 138 valence electrons. The molecule has 0 aliphatic rings. The number of ether oxygens (including phenoxy) is 4. The molecule has 0 N–H and O–H groups in total. The van der Waals surface area contributed by atoms with Crippen LogP contribution in [0.15, 0.2) is 27.4 Å². The highest BCUT2D eigenvalue weighted by Gasteiger charge is 2.19. The maximum Gasteiger partial charge on any atom is 0.513 e. The van der Waals surface area contributed by atoms with Crippen molar-refractivity contribution in [1.29, 1.82) is 0 Å². The third kappa shape index (κ3) is 4.51. The molecule has 2 aromatic rings. The van der Waals surface area contributed by atoms with Gasteiger partial charge in [-0.25, -0.2) is 14.4 Å². The summed E-state index contributed by atoms with van der Waals surface area (Å²) in [5.41, 5.74) is -1.41. The van der Waals surface area contributed by atoms with E-state index in [1.807, 2.05) is 0 Å². The molecule has 0 aliphatic heterocycles. The number of hydrogen-bond donors (Lipinski definition) is 0. The van der Waals surface area contributed by atoms with Crippen molar-refractivity contribution in [2.24, 2.45) is 0 Å². The summed E-state index contributed by atoms with van der Waals surface area (Å²) in [7, 11) is 0. The number of halogens is 1. The fourth-order valence-electron chi connectivity index (χ4n) is 1.90. The summed E-state index contributed by atoms with van der Waals surface area (Å²) < 4.78 is 24.2. The highest BCUT2D eigenvalue weighted by atomic mass is 35.5. The van der Waals surface area contributed by atoms with E-state index in [0.29, 0.717) is 0 Å². The van der Waals surface area contributed by atoms with Gasteiger partial charge >= 0.3 is 17.9 Å². The smallest absolute Gasteiger partial charge is 0.434 e. The van der Waals surface area contributed by atoms with Gasteiger partial charge in [-0.2, -0.15) is 0 Å². The molecule has 0 saturated carbocycles. The van der Waals surface area contributed by atoms with E-state index in [9.17, 15) is 19.2 Å². The van der Waals surface area contributed by atoms with Crippen LogP contribution in [0.4, 0.5) is 9.59 Å². The first kappa shape index (κ1) is 19.3. The Morgan fingerprint density at radius 3 is 2.00 bits per heavy atom. The van der Waals surface area contributed by atoms with E-state index in [4.69, 9.17) is 25.5 Å². The summed E-state index contributed by atoms with van der Waals surface area (Å²) in [6, 6.07) is 3.50. The summed E-state index contributed by atoms with van der Waals surface area (Å²) in [5.74, 6) is -0.470. The Balaban J connectivity index is 2.55. The first-order chi connectivity index (χ1) is 12.3. The van der Waals surface area contributed by atoms with Gasteiger partial charge in [0.05, 0.1) is 13.2 Å². The Labute approximate surface area is 151 Å². The van der Waals surface area contributed by atoms with Crippen LogP contribution in [0, 0.1) is 0 Å². The third-order valence-corrected chi connectivity index (χ3v) is 3.12. The normalized spacial score (nSPS) is 10.3. The number of fused-ring (bicyclic) bond motifs is 1. The minimum Gasteiger partial charge on any atom is -0.434 e. The monoisotopic (exact) mass is 384 g/mol. The van der Waals surface area contributed by atoms with Gasteiger partial charge < -0.3 is 23.4 Å². The molecule has 0 aliphatic carbocycles. The van der Waals surface area contributed by atoms with Crippen LogP contribution in [0.5, 0.6) is 11.5 Å². The molecule has 0 fully saturated rings. The Morgan fingerprint density at radius 2 is 1.50 bits per heavy atom. The predicted molar refractivity (Wildman–Crippen MR) is 88.0 cm³/mol. The van der Waals surface area contributed by atoms with Crippen LogP contribution in [0.25, 0.3) is 11.0 Å².